The van der Waals surface area contributed by atoms with Gasteiger partial charge in [0, 0.05) is 11.8 Å². The smallest absolute Gasteiger partial charge is 0.207 e. The molecule has 3 heterocycles. The summed E-state index contributed by atoms with van der Waals surface area (Å²) in [4.78, 5) is 4.36. The van der Waals surface area contributed by atoms with E-state index in [2.05, 4.69) is 4.98 Å². The number of hydrogen-bond acceptors (Lipinski definition) is 7. The molecule has 2 atom stereocenters. The summed E-state index contributed by atoms with van der Waals surface area (Å²) in [6.07, 6.45) is 3.20. The Bertz CT molecular complexity index is 1350. The van der Waals surface area contributed by atoms with Crippen LogP contribution in [0.25, 0.3) is 22.2 Å². The maximum atomic E-state index is 14.5. The van der Waals surface area contributed by atoms with Gasteiger partial charge in [-0.3, -0.25) is 4.68 Å². The number of fused-ring (bicyclic) bond motifs is 1. The van der Waals surface area contributed by atoms with Crippen LogP contribution in [0.5, 0.6) is 17.2 Å². The number of nitrogen functional groups attached to an aromatic ring is 1. The highest BCUT2D eigenvalue weighted by molar-refractivity contribution is 6.01. The van der Waals surface area contributed by atoms with Gasteiger partial charge in [0.25, 0.3) is 0 Å². The standard InChI is InChI=1S/C26H27FN4O4/c1-15-12-29-26(28)22-24(30-31(25(15)22)17-8-11-19(13-32)34-14-17)16-6-9-18(10-7-16)35-21-5-3-4-20(33-2)23(21)27/h3-7,9-10,12,17,19,32H,8,11,13-14H2,1-2H3,(H2,28,29). The number of nitrogens with zero attached hydrogens (tertiary/aromatic N) is 3. The summed E-state index contributed by atoms with van der Waals surface area (Å²) >= 11 is 0. The van der Waals surface area contributed by atoms with Crippen molar-refractivity contribution in [3.8, 4) is 28.5 Å². The Hall–Kier alpha value is -3.69. The molecule has 0 radical (unpaired) electrons. The van der Waals surface area contributed by atoms with Crippen molar-refractivity contribution in [1.82, 2.24) is 14.8 Å². The number of hydrogen-bond donors (Lipinski definition) is 2. The first kappa shape index (κ1) is 23.1. The SMILES string of the molecule is COc1cccc(Oc2ccc(-c3nn(C4CCC(CO)OC4)c4c(C)cnc(N)c34)cc2)c1F. The fourth-order valence-corrected chi connectivity index (χ4v) is 4.48. The monoisotopic (exact) mass is 478 g/mol. The highest BCUT2D eigenvalue weighted by Crippen LogP contribution is 2.37. The van der Waals surface area contributed by atoms with E-state index in [1.807, 2.05) is 23.7 Å². The Labute approximate surface area is 202 Å². The molecule has 0 aliphatic carbocycles. The quantitative estimate of drug-likeness (QED) is 0.416. The summed E-state index contributed by atoms with van der Waals surface area (Å²) < 4.78 is 33.0. The van der Waals surface area contributed by atoms with Crippen molar-refractivity contribution in [3.63, 3.8) is 0 Å². The summed E-state index contributed by atoms with van der Waals surface area (Å²) in [5.41, 5.74) is 9.74. The number of benzene rings is 2. The molecule has 1 aliphatic rings. The Morgan fingerprint density at radius 2 is 1.94 bits per heavy atom. The number of methoxy groups -OCH3 is 1. The van der Waals surface area contributed by atoms with Gasteiger partial charge in [-0.2, -0.15) is 9.49 Å². The topological polar surface area (TPSA) is 105 Å². The zero-order valence-electron chi connectivity index (χ0n) is 19.6. The van der Waals surface area contributed by atoms with E-state index in [-0.39, 0.29) is 30.3 Å². The van der Waals surface area contributed by atoms with E-state index in [0.29, 0.717) is 23.9 Å². The number of pyridine rings is 1. The predicted octanol–water partition coefficient (Wildman–Crippen LogP) is 4.64. The molecule has 5 rings (SSSR count). The Balaban J connectivity index is 1.50. The molecule has 182 valence electrons. The van der Waals surface area contributed by atoms with Gasteiger partial charge in [-0.25, -0.2) is 4.98 Å². The number of aryl methyl sites for hydroxylation is 1. The second-order valence-electron chi connectivity index (χ2n) is 8.61. The highest BCUT2D eigenvalue weighted by Gasteiger charge is 2.27. The lowest BCUT2D eigenvalue weighted by Gasteiger charge is -2.28. The van der Waals surface area contributed by atoms with E-state index in [1.165, 1.54) is 13.2 Å². The van der Waals surface area contributed by atoms with E-state index >= 15 is 0 Å². The van der Waals surface area contributed by atoms with Crippen molar-refractivity contribution in [2.45, 2.75) is 31.9 Å². The number of aromatic nitrogens is 3. The second kappa shape index (κ2) is 9.52. The van der Waals surface area contributed by atoms with Crippen LogP contribution in [0.4, 0.5) is 10.2 Å². The van der Waals surface area contributed by atoms with E-state index in [1.54, 1.807) is 30.5 Å². The van der Waals surface area contributed by atoms with Crippen molar-refractivity contribution in [2.24, 2.45) is 0 Å². The molecule has 2 aromatic carbocycles. The Morgan fingerprint density at radius 3 is 2.63 bits per heavy atom. The number of halogens is 1. The van der Waals surface area contributed by atoms with Gasteiger partial charge in [0.15, 0.2) is 11.5 Å². The Kier molecular flexibility index (Phi) is 6.27. The van der Waals surface area contributed by atoms with Crippen molar-refractivity contribution < 1.29 is 23.7 Å². The van der Waals surface area contributed by atoms with Crippen LogP contribution in [0.15, 0.2) is 48.7 Å². The van der Waals surface area contributed by atoms with Gasteiger partial charge in [-0.1, -0.05) is 6.07 Å². The van der Waals surface area contributed by atoms with E-state index < -0.39 is 5.82 Å². The molecule has 2 aromatic heterocycles. The van der Waals surface area contributed by atoms with E-state index in [9.17, 15) is 9.50 Å². The molecule has 8 nitrogen and oxygen atoms in total. The molecule has 0 saturated carbocycles. The van der Waals surface area contributed by atoms with Crippen LogP contribution in [-0.2, 0) is 4.74 Å². The van der Waals surface area contributed by atoms with Gasteiger partial charge in [0.05, 0.1) is 43.4 Å². The van der Waals surface area contributed by atoms with Gasteiger partial charge >= 0.3 is 0 Å². The summed E-state index contributed by atoms with van der Waals surface area (Å²) in [5, 5.41) is 15.1. The molecule has 2 unspecified atom stereocenters. The molecular formula is C26H27FN4O4. The normalized spacial score (nSPS) is 18.1. The number of nitrogens with two attached hydrogens (primary N) is 1. The molecule has 35 heavy (non-hydrogen) atoms. The number of anilines is 1. The minimum atomic E-state index is -0.559. The average molecular weight is 479 g/mol. The molecule has 4 aromatic rings. The van der Waals surface area contributed by atoms with Crippen molar-refractivity contribution in [3.05, 3.63) is 60.0 Å². The zero-order chi connectivity index (χ0) is 24.5. The summed E-state index contributed by atoms with van der Waals surface area (Å²) in [7, 11) is 1.41. The van der Waals surface area contributed by atoms with Gasteiger partial charge in [-0.15, -0.1) is 0 Å². The van der Waals surface area contributed by atoms with Crippen LogP contribution in [0.2, 0.25) is 0 Å². The second-order valence-corrected chi connectivity index (χ2v) is 8.61. The Morgan fingerprint density at radius 1 is 1.17 bits per heavy atom. The molecular weight excluding hydrogens is 451 g/mol. The molecule has 3 N–H and O–H groups in total. The third-order valence-corrected chi connectivity index (χ3v) is 6.34. The lowest BCUT2D eigenvalue weighted by atomic mass is 10.0. The molecule has 9 heteroatoms. The van der Waals surface area contributed by atoms with Crippen molar-refractivity contribution in [1.29, 1.82) is 0 Å². The summed E-state index contributed by atoms with van der Waals surface area (Å²) in [6.45, 7) is 2.46. The average Bonchev–Trinajstić information content (AvgIpc) is 3.30. The summed E-state index contributed by atoms with van der Waals surface area (Å²) in [5.74, 6) is 0.510. The first-order valence-corrected chi connectivity index (χ1v) is 11.5. The minimum absolute atomic E-state index is 0.0157. The maximum Gasteiger partial charge on any atom is 0.207 e. The van der Waals surface area contributed by atoms with Crippen molar-refractivity contribution in [2.75, 3.05) is 26.1 Å². The molecule has 1 aliphatic heterocycles. The summed E-state index contributed by atoms with van der Waals surface area (Å²) in [6, 6.07) is 12.0. The van der Waals surface area contributed by atoms with Crippen LogP contribution in [0.1, 0.15) is 24.4 Å². The number of rotatable bonds is 6. The lowest BCUT2D eigenvalue weighted by Crippen LogP contribution is -2.30. The first-order chi connectivity index (χ1) is 17.0. The van der Waals surface area contributed by atoms with E-state index in [4.69, 9.17) is 25.0 Å². The fraction of sp³-hybridized carbons (Fsp3) is 0.308. The van der Waals surface area contributed by atoms with Crippen LogP contribution < -0.4 is 15.2 Å². The lowest BCUT2D eigenvalue weighted by molar-refractivity contribution is -0.0402. The minimum Gasteiger partial charge on any atom is -0.494 e. The molecule has 0 spiro atoms. The zero-order valence-corrected chi connectivity index (χ0v) is 19.6. The van der Waals surface area contributed by atoms with Crippen LogP contribution in [-0.4, -0.2) is 46.3 Å². The predicted molar refractivity (Wildman–Crippen MR) is 130 cm³/mol. The first-order valence-electron chi connectivity index (χ1n) is 11.5. The van der Waals surface area contributed by atoms with Crippen molar-refractivity contribution >= 4 is 16.7 Å². The van der Waals surface area contributed by atoms with E-state index in [0.717, 1.165) is 34.9 Å². The fourth-order valence-electron chi connectivity index (χ4n) is 4.48. The van der Waals surface area contributed by atoms with Crippen LogP contribution in [0.3, 0.4) is 0 Å². The molecule has 0 bridgehead atoms. The number of aliphatic hydroxyl groups excluding tert-OH is 1. The third-order valence-electron chi connectivity index (χ3n) is 6.34. The van der Waals surface area contributed by atoms with Gasteiger partial charge < -0.3 is 25.1 Å². The molecule has 1 saturated heterocycles. The van der Waals surface area contributed by atoms with Gasteiger partial charge in [0.2, 0.25) is 5.82 Å². The van der Waals surface area contributed by atoms with Crippen LogP contribution in [0, 0.1) is 12.7 Å². The maximum absolute atomic E-state index is 14.5. The molecule has 0 amide bonds. The van der Waals surface area contributed by atoms with Gasteiger partial charge in [-0.05, 0) is 61.7 Å². The largest absolute Gasteiger partial charge is 0.494 e. The third kappa shape index (κ3) is 4.28. The number of aliphatic hydroxyl groups is 1. The molecule has 1 fully saturated rings. The number of ether oxygens (including phenoxy) is 3. The van der Waals surface area contributed by atoms with Gasteiger partial charge in [0.1, 0.15) is 17.3 Å². The highest BCUT2D eigenvalue weighted by atomic mass is 19.1. The van der Waals surface area contributed by atoms with Crippen LogP contribution >= 0.6 is 0 Å².